The molecule has 5 N–H and O–H groups in total. The number of benzene rings is 1. The van der Waals surface area contributed by atoms with E-state index < -0.39 is 17.9 Å². The Labute approximate surface area is 179 Å². The van der Waals surface area contributed by atoms with E-state index in [9.17, 15) is 14.4 Å². The molecule has 4 rings (SSSR count). The predicted molar refractivity (Wildman–Crippen MR) is 115 cm³/mol. The van der Waals surface area contributed by atoms with Gasteiger partial charge in [-0.1, -0.05) is 11.3 Å². The van der Waals surface area contributed by atoms with E-state index in [0.717, 1.165) is 5.56 Å². The molecule has 0 spiro atoms. The SMILES string of the molecule is Cc1ccsc1C(=O)c1sc(Nc2ccc(C(=O)C3COC(=O)C3N)cc2)nc1N. The number of ether oxygens (including phenoxy) is 1. The fourth-order valence-corrected chi connectivity index (χ4v) is 4.87. The molecule has 154 valence electrons. The molecule has 3 heterocycles. The maximum atomic E-state index is 12.7. The minimum Gasteiger partial charge on any atom is -0.464 e. The number of nitrogens with zero attached hydrogens (tertiary/aromatic N) is 1. The summed E-state index contributed by atoms with van der Waals surface area (Å²) in [5.74, 6) is -1.44. The van der Waals surface area contributed by atoms with Gasteiger partial charge in [-0.15, -0.1) is 11.3 Å². The molecule has 1 aliphatic heterocycles. The summed E-state index contributed by atoms with van der Waals surface area (Å²) in [5, 5.41) is 5.43. The molecule has 0 radical (unpaired) electrons. The molecule has 1 saturated heterocycles. The molecule has 1 aliphatic rings. The first-order chi connectivity index (χ1) is 14.3. The smallest absolute Gasteiger partial charge is 0.323 e. The monoisotopic (exact) mass is 442 g/mol. The Balaban J connectivity index is 1.48. The molecule has 0 bridgehead atoms. The summed E-state index contributed by atoms with van der Waals surface area (Å²) in [7, 11) is 0. The van der Waals surface area contributed by atoms with Crippen LogP contribution in [0, 0.1) is 12.8 Å². The number of nitrogens with two attached hydrogens (primary N) is 2. The Morgan fingerprint density at radius 2 is 1.93 bits per heavy atom. The average molecular weight is 443 g/mol. The fraction of sp³-hybridized carbons (Fsp3) is 0.200. The third-order valence-electron chi connectivity index (χ3n) is 4.80. The first kappa shape index (κ1) is 20.2. The van der Waals surface area contributed by atoms with E-state index in [-0.39, 0.29) is 24.0 Å². The number of hydrogen-bond acceptors (Lipinski definition) is 10. The number of aromatic nitrogens is 1. The first-order valence-electron chi connectivity index (χ1n) is 9.03. The van der Waals surface area contributed by atoms with Crippen molar-refractivity contribution in [2.75, 3.05) is 17.7 Å². The predicted octanol–water partition coefficient (Wildman–Crippen LogP) is 2.75. The maximum Gasteiger partial charge on any atom is 0.323 e. The van der Waals surface area contributed by atoms with Crippen LogP contribution in [0.1, 0.15) is 30.5 Å². The number of rotatable bonds is 6. The molecule has 1 fully saturated rings. The molecule has 2 unspecified atom stereocenters. The van der Waals surface area contributed by atoms with Crippen molar-refractivity contribution in [3.05, 3.63) is 56.6 Å². The standard InChI is InChI=1S/C20H18N4O4S2/c1-9-6-7-29-16(9)15(26)17-18(22)24-20(30-17)23-11-4-2-10(3-5-11)14(25)12-8-28-19(27)13(12)21/h2-7,12-13H,8,21-22H2,1H3,(H,23,24). The van der Waals surface area contributed by atoms with E-state index in [4.69, 9.17) is 16.2 Å². The lowest BCUT2D eigenvalue weighted by molar-refractivity contribution is -0.139. The summed E-state index contributed by atoms with van der Waals surface area (Å²) in [6.45, 7) is 1.88. The first-order valence-corrected chi connectivity index (χ1v) is 10.7. The van der Waals surface area contributed by atoms with Gasteiger partial charge in [0.05, 0.1) is 10.8 Å². The minimum absolute atomic E-state index is 0.00224. The van der Waals surface area contributed by atoms with Crippen molar-refractivity contribution in [3.8, 4) is 0 Å². The summed E-state index contributed by atoms with van der Waals surface area (Å²) in [6.07, 6.45) is 0. The van der Waals surface area contributed by atoms with Crippen LogP contribution in [0.3, 0.4) is 0 Å². The second-order valence-corrected chi connectivity index (χ2v) is 8.74. The molecule has 1 aromatic carbocycles. The number of nitrogen functional groups attached to an aromatic ring is 1. The Morgan fingerprint density at radius 1 is 1.20 bits per heavy atom. The van der Waals surface area contributed by atoms with Crippen LogP contribution in [0.5, 0.6) is 0 Å². The average Bonchev–Trinajstić information content (AvgIpc) is 3.41. The largest absolute Gasteiger partial charge is 0.464 e. The van der Waals surface area contributed by atoms with Gasteiger partial charge in [0.1, 0.15) is 23.3 Å². The second kappa shape index (κ2) is 7.98. The van der Waals surface area contributed by atoms with Gasteiger partial charge in [0.25, 0.3) is 0 Å². The number of thiazole rings is 1. The van der Waals surface area contributed by atoms with Crippen LogP contribution in [-0.2, 0) is 9.53 Å². The van der Waals surface area contributed by atoms with Gasteiger partial charge in [0, 0.05) is 11.3 Å². The topological polar surface area (TPSA) is 137 Å². The molecular weight excluding hydrogens is 424 g/mol. The van der Waals surface area contributed by atoms with E-state index in [2.05, 4.69) is 10.3 Å². The molecule has 8 nitrogen and oxygen atoms in total. The number of esters is 1. The van der Waals surface area contributed by atoms with Crippen LogP contribution >= 0.6 is 22.7 Å². The zero-order valence-corrected chi connectivity index (χ0v) is 17.5. The van der Waals surface area contributed by atoms with Gasteiger partial charge < -0.3 is 21.5 Å². The van der Waals surface area contributed by atoms with Crippen molar-refractivity contribution < 1.29 is 19.1 Å². The Morgan fingerprint density at radius 3 is 2.53 bits per heavy atom. The number of carbonyl (C=O) groups excluding carboxylic acids is 3. The highest BCUT2D eigenvalue weighted by Gasteiger charge is 2.39. The van der Waals surface area contributed by atoms with Crippen LogP contribution in [0.4, 0.5) is 16.6 Å². The highest BCUT2D eigenvalue weighted by molar-refractivity contribution is 7.19. The molecular formula is C20H18N4O4S2. The van der Waals surface area contributed by atoms with Crippen molar-refractivity contribution in [1.29, 1.82) is 0 Å². The molecule has 30 heavy (non-hydrogen) atoms. The lowest BCUT2D eigenvalue weighted by atomic mass is 9.93. The zero-order chi connectivity index (χ0) is 21.4. The summed E-state index contributed by atoms with van der Waals surface area (Å²) in [6, 6.07) is 7.64. The van der Waals surface area contributed by atoms with E-state index >= 15 is 0 Å². The number of nitrogens with one attached hydrogen (secondary N) is 1. The molecule has 10 heteroatoms. The molecule has 2 aromatic heterocycles. The van der Waals surface area contributed by atoms with Crippen LogP contribution in [0.15, 0.2) is 35.7 Å². The van der Waals surface area contributed by atoms with Gasteiger partial charge in [0.15, 0.2) is 10.9 Å². The van der Waals surface area contributed by atoms with E-state index in [1.165, 1.54) is 22.7 Å². The Kier molecular flexibility index (Phi) is 5.37. The number of ketones is 2. The number of anilines is 3. The van der Waals surface area contributed by atoms with Crippen molar-refractivity contribution in [1.82, 2.24) is 4.98 Å². The fourth-order valence-electron chi connectivity index (χ4n) is 3.09. The molecule has 0 amide bonds. The van der Waals surface area contributed by atoms with Crippen LogP contribution < -0.4 is 16.8 Å². The Bertz CT molecular complexity index is 1140. The number of hydrogen-bond donors (Lipinski definition) is 3. The van der Waals surface area contributed by atoms with E-state index in [1.807, 2.05) is 18.4 Å². The van der Waals surface area contributed by atoms with Gasteiger partial charge in [-0.25, -0.2) is 4.98 Å². The summed E-state index contributed by atoms with van der Waals surface area (Å²) in [4.78, 5) is 41.9. The number of cyclic esters (lactones) is 1. The number of Topliss-reactive ketones (excluding diaryl/α,β-unsaturated/α-hetero) is 1. The van der Waals surface area contributed by atoms with Crippen LogP contribution in [0.25, 0.3) is 0 Å². The highest BCUT2D eigenvalue weighted by atomic mass is 32.1. The van der Waals surface area contributed by atoms with Gasteiger partial charge in [0.2, 0.25) is 5.78 Å². The molecule has 2 atom stereocenters. The zero-order valence-electron chi connectivity index (χ0n) is 15.9. The quantitative estimate of drug-likeness (QED) is 0.391. The van der Waals surface area contributed by atoms with Crippen molar-refractivity contribution in [2.24, 2.45) is 11.7 Å². The highest BCUT2D eigenvalue weighted by Crippen LogP contribution is 2.32. The number of thiophene rings is 1. The van der Waals surface area contributed by atoms with Crippen LogP contribution in [-0.4, -0.2) is 35.2 Å². The Hall–Kier alpha value is -3.08. The summed E-state index contributed by atoms with van der Waals surface area (Å²) in [5.41, 5.74) is 13.7. The number of aryl methyl sites for hydroxylation is 1. The molecule has 0 saturated carbocycles. The summed E-state index contributed by atoms with van der Waals surface area (Å²) >= 11 is 2.55. The maximum absolute atomic E-state index is 12.7. The molecule has 0 aliphatic carbocycles. The van der Waals surface area contributed by atoms with Crippen LogP contribution in [0.2, 0.25) is 0 Å². The van der Waals surface area contributed by atoms with Gasteiger partial charge in [-0.05, 0) is 48.2 Å². The minimum atomic E-state index is -0.934. The van der Waals surface area contributed by atoms with Crippen molar-refractivity contribution in [2.45, 2.75) is 13.0 Å². The van der Waals surface area contributed by atoms with Crippen molar-refractivity contribution >= 4 is 56.8 Å². The van der Waals surface area contributed by atoms with Gasteiger partial charge in [-0.3, -0.25) is 14.4 Å². The van der Waals surface area contributed by atoms with Crippen molar-refractivity contribution in [3.63, 3.8) is 0 Å². The lowest BCUT2D eigenvalue weighted by Gasteiger charge is -2.10. The second-order valence-electron chi connectivity index (χ2n) is 6.82. The van der Waals surface area contributed by atoms with E-state index in [1.54, 1.807) is 24.3 Å². The van der Waals surface area contributed by atoms with Gasteiger partial charge in [-0.2, -0.15) is 0 Å². The third-order valence-corrected chi connectivity index (χ3v) is 6.80. The van der Waals surface area contributed by atoms with Gasteiger partial charge >= 0.3 is 5.97 Å². The summed E-state index contributed by atoms with van der Waals surface area (Å²) < 4.78 is 4.85. The number of carbonyl (C=O) groups is 3. The third kappa shape index (κ3) is 3.72. The van der Waals surface area contributed by atoms with E-state index in [0.29, 0.717) is 26.1 Å². The molecule has 3 aromatic rings. The lowest BCUT2D eigenvalue weighted by Crippen LogP contribution is -2.36. The normalized spacial score (nSPS) is 18.3.